The lowest BCUT2D eigenvalue weighted by molar-refractivity contribution is 0.978. The highest BCUT2D eigenvalue weighted by molar-refractivity contribution is 5.85. The number of benzene rings is 1. The van der Waals surface area contributed by atoms with Crippen LogP contribution < -0.4 is 11.1 Å². The van der Waals surface area contributed by atoms with Gasteiger partial charge < -0.3 is 11.1 Å². The van der Waals surface area contributed by atoms with Gasteiger partial charge in [-0.15, -0.1) is 12.4 Å². The van der Waals surface area contributed by atoms with Crippen molar-refractivity contribution in [3.05, 3.63) is 59.3 Å². The van der Waals surface area contributed by atoms with Crippen LogP contribution in [0.2, 0.25) is 0 Å². The summed E-state index contributed by atoms with van der Waals surface area (Å²) < 4.78 is 0. The van der Waals surface area contributed by atoms with Gasteiger partial charge in [0.25, 0.3) is 0 Å². The van der Waals surface area contributed by atoms with Crippen LogP contribution >= 0.6 is 12.4 Å². The van der Waals surface area contributed by atoms with Gasteiger partial charge in [0.15, 0.2) is 0 Å². The van der Waals surface area contributed by atoms with E-state index < -0.39 is 0 Å². The second kappa shape index (κ2) is 6.25. The van der Waals surface area contributed by atoms with Crippen LogP contribution in [0.3, 0.4) is 0 Å². The Labute approximate surface area is 126 Å². The number of anilines is 1. The molecule has 3 nitrogen and oxygen atoms in total. The number of rotatable bonds is 4. The molecule has 1 aliphatic carbocycles. The standard InChI is InChI=1S/C16H19N3.ClH/c1-11-2-4-12(5-3-11)9-18-16-7-6-13(10-19-16)14-8-15(14)17;/h2-7,10,14-15H,8-9,17H2,1H3,(H,18,19);1H/t14-,15+;/m1./s1. The highest BCUT2D eigenvalue weighted by atomic mass is 35.5. The number of nitrogens with one attached hydrogen (secondary N) is 1. The molecular formula is C16H20ClN3. The molecule has 1 saturated carbocycles. The van der Waals surface area contributed by atoms with E-state index in [1.54, 1.807) is 0 Å². The fraction of sp³-hybridized carbons (Fsp3) is 0.312. The molecule has 4 heteroatoms. The summed E-state index contributed by atoms with van der Waals surface area (Å²) in [6.07, 6.45) is 3.03. The molecule has 2 aromatic rings. The quantitative estimate of drug-likeness (QED) is 0.908. The summed E-state index contributed by atoms with van der Waals surface area (Å²) in [7, 11) is 0. The number of pyridine rings is 1. The summed E-state index contributed by atoms with van der Waals surface area (Å²) in [6.45, 7) is 2.90. The maximum atomic E-state index is 5.84. The number of nitrogens with two attached hydrogens (primary N) is 1. The van der Waals surface area contributed by atoms with Crippen molar-refractivity contribution in [1.29, 1.82) is 0 Å². The summed E-state index contributed by atoms with van der Waals surface area (Å²) in [5.41, 5.74) is 9.65. The molecule has 3 rings (SSSR count). The van der Waals surface area contributed by atoms with E-state index in [1.165, 1.54) is 16.7 Å². The van der Waals surface area contributed by atoms with Crippen LogP contribution in [0.1, 0.15) is 29.0 Å². The van der Waals surface area contributed by atoms with Crippen LogP contribution in [0.25, 0.3) is 0 Å². The van der Waals surface area contributed by atoms with Gasteiger partial charge in [-0.1, -0.05) is 35.9 Å². The average Bonchev–Trinajstić information content (AvgIpc) is 3.16. The minimum atomic E-state index is 0. The van der Waals surface area contributed by atoms with Crippen molar-refractivity contribution in [2.75, 3.05) is 5.32 Å². The van der Waals surface area contributed by atoms with Crippen LogP contribution in [0, 0.1) is 6.92 Å². The Morgan fingerprint density at radius 2 is 1.90 bits per heavy atom. The molecule has 0 radical (unpaired) electrons. The number of aryl methyl sites for hydroxylation is 1. The third-order valence-corrected chi connectivity index (χ3v) is 3.65. The van der Waals surface area contributed by atoms with Gasteiger partial charge in [0.2, 0.25) is 0 Å². The second-order valence-electron chi connectivity index (χ2n) is 5.32. The molecule has 3 N–H and O–H groups in total. The van der Waals surface area contributed by atoms with E-state index in [9.17, 15) is 0 Å². The zero-order valence-corrected chi connectivity index (χ0v) is 12.4. The lowest BCUT2D eigenvalue weighted by atomic mass is 10.1. The van der Waals surface area contributed by atoms with Crippen molar-refractivity contribution in [2.45, 2.75) is 31.8 Å². The lowest BCUT2D eigenvalue weighted by Gasteiger charge is -2.07. The van der Waals surface area contributed by atoms with Crippen molar-refractivity contribution in [2.24, 2.45) is 5.73 Å². The van der Waals surface area contributed by atoms with Gasteiger partial charge in [-0.25, -0.2) is 4.98 Å². The molecule has 2 atom stereocenters. The first kappa shape index (κ1) is 14.8. The van der Waals surface area contributed by atoms with Gasteiger partial charge in [-0.05, 0) is 30.5 Å². The minimum absolute atomic E-state index is 0. The van der Waals surface area contributed by atoms with E-state index in [1.807, 2.05) is 12.3 Å². The average molecular weight is 290 g/mol. The molecule has 0 spiro atoms. The van der Waals surface area contributed by atoms with Gasteiger partial charge >= 0.3 is 0 Å². The van der Waals surface area contributed by atoms with E-state index in [-0.39, 0.29) is 12.4 Å². The molecule has 20 heavy (non-hydrogen) atoms. The fourth-order valence-corrected chi connectivity index (χ4v) is 2.23. The highest BCUT2D eigenvalue weighted by Gasteiger charge is 2.34. The molecule has 0 amide bonds. The van der Waals surface area contributed by atoms with E-state index in [0.717, 1.165) is 18.8 Å². The maximum Gasteiger partial charge on any atom is 0.126 e. The molecule has 0 unspecified atom stereocenters. The molecule has 1 aliphatic rings. The Morgan fingerprint density at radius 1 is 1.20 bits per heavy atom. The van der Waals surface area contributed by atoms with Crippen LogP contribution in [-0.4, -0.2) is 11.0 Å². The van der Waals surface area contributed by atoms with E-state index in [4.69, 9.17) is 5.73 Å². The first-order valence-electron chi connectivity index (χ1n) is 6.73. The van der Waals surface area contributed by atoms with E-state index in [2.05, 4.69) is 47.6 Å². The first-order valence-corrected chi connectivity index (χ1v) is 6.73. The molecule has 1 aromatic carbocycles. The monoisotopic (exact) mass is 289 g/mol. The molecule has 0 bridgehead atoms. The molecule has 0 saturated heterocycles. The maximum absolute atomic E-state index is 5.84. The van der Waals surface area contributed by atoms with Gasteiger partial charge in [0.05, 0.1) is 0 Å². The zero-order chi connectivity index (χ0) is 13.2. The third-order valence-electron chi connectivity index (χ3n) is 3.65. The van der Waals surface area contributed by atoms with Crippen LogP contribution in [0.15, 0.2) is 42.6 Å². The first-order chi connectivity index (χ1) is 9.22. The number of aromatic nitrogens is 1. The summed E-state index contributed by atoms with van der Waals surface area (Å²) in [5, 5.41) is 3.34. The Bertz CT molecular complexity index is 551. The Balaban J connectivity index is 0.00000147. The molecule has 1 fully saturated rings. The SMILES string of the molecule is Cc1ccc(CNc2ccc([C@H]3C[C@@H]3N)cn2)cc1.Cl. The van der Waals surface area contributed by atoms with Crippen molar-refractivity contribution < 1.29 is 0 Å². The second-order valence-corrected chi connectivity index (χ2v) is 5.32. The molecular weight excluding hydrogens is 270 g/mol. The predicted molar refractivity (Wildman–Crippen MR) is 85.3 cm³/mol. The molecule has 0 aliphatic heterocycles. The highest BCUT2D eigenvalue weighted by Crippen LogP contribution is 2.38. The zero-order valence-electron chi connectivity index (χ0n) is 11.5. The minimum Gasteiger partial charge on any atom is -0.366 e. The molecule has 106 valence electrons. The van der Waals surface area contributed by atoms with E-state index >= 15 is 0 Å². The van der Waals surface area contributed by atoms with Crippen LogP contribution in [-0.2, 0) is 6.54 Å². The van der Waals surface area contributed by atoms with Crippen molar-refractivity contribution in [3.8, 4) is 0 Å². The molecule has 1 heterocycles. The topological polar surface area (TPSA) is 50.9 Å². The van der Waals surface area contributed by atoms with Gasteiger partial charge in [-0.2, -0.15) is 0 Å². The lowest BCUT2D eigenvalue weighted by Crippen LogP contribution is -2.03. The predicted octanol–water partition coefficient (Wildman–Crippen LogP) is 3.24. The normalized spacial score (nSPS) is 20.1. The van der Waals surface area contributed by atoms with E-state index in [0.29, 0.717) is 12.0 Å². The number of halogens is 1. The van der Waals surface area contributed by atoms with Crippen LogP contribution in [0.4, 0.5) is 5.82 Å². The van der Waals surface area contributed by atoms with Crippen molar-refractivity contribution in [1.82, 2.24) is 4.98 Å². The van der Waals surface area contributed by atoms with Crippen LogP contribution in [0.5, 0.6) is 0 Å². The number of nitrogens with zero attached hydrogens (tertiary/aromatic N) is 1. The van der Waals surface area contributed by atoms with Crippen molar-refractivity contribution >= 4 is 18.2 Å². The summed E-state index contributed by atoms with van der Waals surface area (Å²) >= 11 is 0. The summed E-state index contributed by atoms with van der Waals surface area (Å²) in [6, 6.07) is 13.0. The molecule has 1 aromatic heterocycles. The Kier molecular flexibility index (Phi) is 4.63. The smallest absolute Gasteiger partial charge is 0.126 e. The summed E-state index contributed by atoms with van der Waals surface area (Å²) in [5.74, 6) is 1.44. The van der Waals surface area contributed by atoms with Gasteiger partial charge in [0.1, 0.15) is 5.82 Å². The fourth-order valence-electron chi connectivity index (χ4n) is 2.23. The largest absolute Gasteiger partial charge is 0.366 e. The Morgan fingerprint density at radius 3 is 2.45 bits per heavy atom. The number of hydrogen-bond acceptors (Lipinski definition) is 3. The Hall–Kier alpha value is -1.58. The van der Waals surface area contributed by atoms with Gasteiger partial charge in [-0.3, -0.25) is 0 Å². The van der Waals surface area contributed by atoms with Gasteiger partial charge in [0, 0.05) is 24.7 Å². The third kappa shape index (κ3) is 3.50. The van der Waals surface area contributed by atoms with Crippen molar-refractivity contribution in [3.63, 3.8) is 0 Å². The summed E-state index contributed by atoms with van der Waals surface area (Å²) in [4.78, 5) is 4.44. The number of hydrogen-bond donors (Lipinski definition) is 2.